The molecule has 0 unspecified atom stereocenters. The highest BCUT2D eigenvalue weighted by atomic mass is 16.2. The van der Waals surface area contributed by atoms with Gasteiger partial charge in [0.1, 0.15) is 36.3 Å². The number of hydrogen-bond acceptors (Lipinski definition) is 11. The summed E-state index contributed by atoms with van der Waals surface area (Å²) in [6.45, 7) is 4.10. The van der Waals surface area contributed by atoms with Crippen LogP contribution in [0.15, 0.2) is 64.8 Å². The normalized spacial score (nSPS) is 15.4. The summed E-state index contributed by atoms with van der Waals surface area (Å²) in [4.78, 5) is 121. The molecule has 23 heteroatoms. The second kappa shape index (κ2) is 27.9. The van der Waals surface area contributed by atoms with Gasteiger partial charge in [0.05, 0.1) is 6.42 Å². The van der Waals surface area contributed by atoms with E-state index in [4.69, 9.17) is 34.4 Å². The summed E-state index contributed by atoms with van der Waals surface area (Å²) >= 11 is 0. The van der Waals surface area contributed by atoms with Crippen LogP contribution in [0.3, 0.4) is 0 Å². The molecule has 67 heavy (non-hydrogen) atoms. The monoisotopic (exact) mass is 934 g/mol. The van der Waals surface area contributed by atoms with E-state index >= 15 is 0 Å². The molecule has 0 radical (unpaired) electrons. The van der Waals surface area contributed by atoms with Crippen LogP contribution in [-0.4, -0.2) is 125 Å². The van der Waals surface area contributed by atoms with Gasteiger partial charge in [0.15, 0.2) is 11.9 Å². The van der Waals surface area contributed by atoms with Gasteiger partial charge in [0.25, 0.3) is 0 Å². The minimum absolute atomic E-state index is 0.0168. The highest BCUT2D eigenvalue weighted by Gasteiger charge is 2.40. The molecule has 0 spiro atoms. The molecule has 1 aliphatic rings. The van der Waals surface area contributed by atoms with Gasteiger partial charge >= 0.3 is 0 Å². The van der Waals surface area contributed by atoms with Crippen LogP contribution in [0.2, 0.25) is 0 Å². The highest BCUT2D eigenvalue weighted by Crippen LogP contribution is 2.21. The van der Waals surface area contributed by atoms with E-state index in [1.54, 1.807) is 48.8 Å². The number of rotatable bonds is 28. The van der Waals surface area contributed by atoms with Crippen molar-refractivity contribution in [1.29, 1.82) is 0 Å². The van der Waals surface area contributed by atoms with E-state index in [2.05, 4.69) is 41.6 Å². The first kappa shape index (κ1) is 54.0. The van der Waals surface area contributed by atoms with Gasteiger partial charge in [-0.3, -0.25) is 53.3 Å². The van der Waals surface area contributed by atoms with Crippen molar-refractivity contribution in [3.05, 3.63) is 66.0 Å². The van der Waals surface area contributed by atoms with Gasteiger partial charge in [-0.15, -0.1) is 0 Å². The van der Waals surface area contributed by atoms with E-state index in [9.17, 15) is 38.4 Å². The fraction of sp³-hybridized carbons (Fsp3) is 0.523. The largest absolute Gasteiger partial charge is 0.370 e. The maximum absolute atomic E-state index is 14.6. The number of nitrogens with zero attached hydrogens (tertiary/aromatic N) is 4. The Labute approximate surface area is 389 Å². The van der Waals surface area contributed by atoms with Crippen molar-refractivity contribution in [1.82, 2.24) is 36.5 Å². The Balaban J connectivity index is 1.89. The van der Waals surface area contributed by atoms with Crippen molar-refractivity contribution in [2.24, 2.45) is 50.3 Å². The van der Waals surface area contributed by atoms with Gasteiger partial charge in [-0.1, -0.05) is 50.2 Å². The topological polar surface area (TPSA) is 394 Å². The third kappa shape index (κ3) is 19.8. The van der Waals surface area contributed by atoms with Crippen molar-refractivity contribution in [2.75, 3.05) is 19.6 Å². The summed E-state index contributed by atoms with van der Waals surface area (Å²) in [5.41, 5.74) is 34.1. The zero-order chi connectivity index (χ0) is 49.5. The molecule has 0 saturated carbocycles. The number of likely N-dealkylation sites (tertiary alicyclic amines) is 1. The summed E-state index contributed by atoms with van der Waals surface area (Å²) in [5.74, 6) is -6.17. The van der Waals surface area contributed by atoms with Crippen LogP contribution in [0.4, 0.5) is 0 Å². The summed E-state index contributed by atoms with van der Waals surface area (Å²) in [7, 11) is 0. The first-order valence-corrected chi connectivity index (χ1v) is 22.3. The molecule has 1 saturated heterocycles. The Bertz CT molecular complexity index is 2050. The standard InChI is InChI=1S/C44H67N15O8/c1-26(2)22-32(54-36(61)17-16-28-12-6-18-51-25-28)39(64)58-33(23-27-10-4-3-5-11-27)40(65)56-30(14-8-20-53-44(49)50)42(67)59-21-9-15-34(59)41(66)55-29(13-7-19-52-43(47)48)38(63)57-31(37(46)62)24-35(45)60/h3-6,10-12,18,25-26,29-34H,7-9,13-17,19-24H2,1-2H3,(H2,45,60)(H2,46,62)(H,54,61)(H,55,66)(H,56,65)(H,57,63)(H,58,64)(H4,47,48,52)(H4,49,50,53)/t29-,30-,31-,32-,33-,34-/m0/s1. The van der Waals surface area contributed by atoms with Gasteiger partial charge in [0, 0.05) is 44.9 Å². The lowest BCUT2D eigenvalue weighted by molar-refractivity contribution is -0.142. The quantitative estimate of drug-likeness (QED) is 0.0234. The number of carbonyl (C=O) groups excluding carboxylic acids is 8. The first-order valence-electron chi connectivity index (χ1n) is 22.3. The molecule has 17 N–H and O–H groups in total. The Morgan fingerprint density at radius 2 is 1.28 bits per heavy atom. The Morgan fingerprint density at radius 1 is 0.701 bits per heavy atom. The van der Waals surface area contributed by atoms with Crippen LogP contribution < -0.4 is 61.0 Å². The van der Waals surface area contributed by atoms with Crippen molar-refractivity contribution >= 4 is 59.2 Å². The SMILES string of the molecule is CC(C)C[C@H](NC(=O)CCc1cccnc1)C(=O)N[C@@H](Cc1ccccc1)C(=O)N[C@@H](CCCN=C(N)N)C(=O)N1CCC[C@H]1C(=O)N[C@@H](CCCN=C(N)N)C(=O)N[C@@H](CC(N)=O)C(N)=O. The lowest BCUT2D eigenvalue weighted by atomic mass is 10.00. The number of aryl methyl sites for hydroxylation is 1. The van der Waals surface area contributed by atoms with Gasteiger partial charge in [-0.05, 0) is 74.5 Å². The number of guanidine groups is 2. The first-order chi connectivity index (χ1) is 31.8. The Kier molecular flexibility index (Phi) is 22.5. The molecule has 2 heterocycles. The number of carbonyl (C=O) groups is 8. The van der Waals surface area contributed by atoms with Gasteiger partial charge in [-0.25, -0.2) is 0 Å². The predicted molar refractivity (Wildman–Crippen MR) is 249 cm³/mol. The van der Waals surface area contributed by atoms with Crippen LogP contribution in [0, 0.1) is 5.92 Å². The minimum atomic E-state index is -1.46. The number of aliphatic imine (C=N–C) groups is 2. The Hall–Kier alpha value is -7.33. The van der Waals surface area contributed by atoms with E-state index in [0.717, 1.165) is 5.56 Å². The van der Waals surface area contributed by atoms with Crippen LogP contribution in [-0.2, 0) is 51.2 Å². The summed E-state index contributed by atoms with van der Waals surface area (Å²) in [6, 6.07) is 5.22. The fourth-order valence-corrected chi connectivity index (χ4v) is 7.38. The maximum atomic E-state index is 14.6. The number of pyridine rings is 1. The van der Waals surface area contributed by atoms with E-state index < -0.39 is 84.0 Å². The number of nitrogens with two attached hydrogens (primary N) is 6. The molecule has 23 nitrogen and oxygen atoms in total. The molecular formula is C44H67N15O8. The highest BCUT2D eigenvalue weighted by molar-refractivity contribution is 5.98. The minimum Gasteiger partial charge on any atom is -0.370 e. The van der Waals surface area contributed by atoms with Crippen molar-refractivity contribution in [3.63, 3.8) is 0 Å². The molecule has 3 rings (SSSR count). The van der Waals surface area contributed by atoms with Crippen LogP contribution in [0.5, 0.6) is 0 Å². The molecular weight excluding hydrogens is 867 g/mol. The fourth-order valence-electron chi connectivity index (χ4n) is 7.38. The van der Waals surface area contributed by atoms with Gasteiger partial charge < -0.3 is 65.9 Å². The molecule has 0 bridgehead atoms. The molecule has 8 amide bonds. The van der Waals surface area contributed by atoms with Crippen LogP contribution in [0.25, 0.3) is 0 Å². The van der Waals surface area contributed by atoms with Crippen LogP contribution >= 0.6 is 0 Å². The summed E-state index contributed by atoms with van der Waals surface area (Å²) in [6.07, 6.45) is 4.49. The van der Waals surface area contributed by atoms with E-state index in [0.29, 0.717) is 18.4 Å². The zero-order valence-electron chi connectivity index (χ0n) is 38.2. The second-order valence-electron chi connectivity index (χ2n) is 16.7. The number of nitrogens with one attached hydrogen (secondary N) is 5. The van der Waals surface area contributed by atoms with Crippen LogP contribution in [0.1, 0.15) is 82.8 Å². The third-order valence-corrected chi connectivity index (χ3v) is 10.7. The van der Waals surface area contributed by atoms with E-state index in [1.807, 2.05) is 19.9 Å². The smallest absolute Gasteiger partial charge is 0.245 e. The zero-order valence-corrected chi connectivity index (χ0v) is 38.2. The molecule has 366 valence electrons. The van der Waals surface area contributed by atoms with Gasteiger partial charge in [-0.2, -0.15) is 0 Å². The van der Waals surface area contributed by atoms with Crippen molar-refractivity contribution < 1.29 is 38.4 Å². The van der Waals surface area contributed by atoms with E-state index in [1.165, 1.54) is 4.90 Å². The number of benzene rings is 1. The molecule has 0 aliphatic carbocycles. The van der Waals surface area contributed by atoms with E-state index in [-0.39, 0.29) is 94.7 Å². The predicted octanol–water partition coefficient (Wildman–Crippen LogP) is -2.81. The average Bonchev–Trinajstić information content (AvgIpc) is 3.77. The molecule has 1 fully saturated rings. The second-order valence-corrected chi connectivity index (χ2v) is 16.7. The lowest BCUT2D eigenvalue weighted by Gasteiger charge is -2.31. The lowest BCUT2D eigenvalue weighted by Crippen LogP contribution is -2.59. The summed E-state index contributed by atoms with van der Waals surface area (Å²) < 4.78 is 0. The van der Waals surface area contributed by atoms with Crippen molar-refractivity contribution in [3.8, 4) is 0 Å². The van der Waals surface area contributed by atoms with Gasteiger partial charge in [0.2, 0.25) is 47.3 Å². The molecule has 6 atom stereocenters. The number of aromatic nitrogens is 1. The maximum Gasteiger partial charge on any atom is 0.245 e. The Morgan fingerprint density at radius 3 is 1.87 bits per heavy atom. The average molecular weight is 934 g/mol. The number of amides is 8. The number of hydrogen-bond donors (Lipinski definition) is 11. The molecule has 2 aromatic rings. The summed E-state index contributed by atoms with van der Waals surface area (Å²) in [5, 5.41) is 13.5. The molecule has 1 aromatic carbocycles. The van der Waals surface area contributed by atoms with Crippen molar-refractivity contribution in [2.45, 2.75) is 121 Å². The molecule has 1 aliphatic heterocycles. The third-order valence-electron chi connectivity index (χ3n) is 10.7. The molecule has 1 aromatic heterocycles. The number of primary amides is 2.